The zero-order chi connectivity index (χ0) is 39.0. The summed E-state index contributed by atoms with van der Waals surface area (Å²) < 4.78 is 19.7. The van der Waals surface area contributed by atoms with Crippen LogP contribution >= 0.6 is 0 Å². The summed E-state index contributed by atoms with van der Waals surface area (Å²) in [6.45, 7) is 8.20. The Morgan fingerprint density at radius 3 is 2.25 bits per heavy atom. The van der Waals surface area contributed by atoms with Gasteiger partial charge in [-0.15, -0.1) is 0 Å². The van der Waals surface area contributed by atoms with E-state index in [9.17, 15) is 9.90 Å². The highest BCUT2D eigenvalue weighted by Gasteiger charge is 2.41. The second-order valence-electron chi connectivity index (χ2n) is 15.7. The second kappa shape index (κ2) is 18.5. The molecule has 3 N–H and O–H groups in total. The molecule has 5 aromatic carbocycles. The summed E-state index contributed by atoms with van der Waals surface area (Å²) in [7, 11) is 0. The number of aliphatic hydroxyl groups is 1. The third-order valence-corrected chi connectivity index (χ3v) is 11.7. The third-order valence-electron chi connectivity index (χ3n) is 11.7. The van der Waals surface area contributed by atoms with E-state index in [2.05, 4.69) is 75.9 Å². The van der Waals surface area contributed by atoms with E-state index >= 15 is 0 Å². The topological polar surface area (TPSA) is 95.5 Å². The van der Waals surface area contributed by atoms with Gasteiger partial charge in [0, 0.05) is 42.8 Å². The van der Waals surface area contributed by atoms with E-state index in [1.807, 2.05) is 78.9 Å². The Bertz CT molecular complexity index is 2050. The molecule has 5 unspecified atom stereocenters. The molecule has 3 saturated heterocycles. The van der Waals surface area contributed by atoms with Crippen LogP contribution in [0.25, 0.3) is 11.1 Å². The SMILES string of the molecule is CC1C(CN2CCCC2CN2CCCC2)OC(c2cccc(-c3cccc(CNC(=O)Nc4ccc(Oc5ccccc5)cc4)c3)c2)OC1c1ccc(CO)cc1. The van der Waals surface area contributed by atoms with Crippen molar-refractivity contribution in [2.45, 2.75) is 70.3 Å². The molecule has 296 valence electrons. The maximum atomic E-state index is 12.9. The van der Waals surface area contributed by atoms with E-state index in [4.69, 9.17) is 14.2 Å². The van der Waals surface area contributed by atoms with Gasteiger partial charge in [-0.25, -0.2) is 4.79 Å². The first-order chi connectivity index (χ1) is 28.0. The van der Waals surface area contributed by atoms with Gasteiger partial charge in [0.1, 0.15) is 11.5 Å². The lowest BCUT2D eigenvalue weighted by Crippen LogP contribution is -2.48. The molecule has 9 nitrogen and oxygen atoms in total. The number of ether oxygens (including phenoxy) is 3. The van der Waals surface area contributed by atoms with Crippen molar-refractivity contribution in [3.63, 3.8) is 0 Å². The first kappa shape index (κ1) is 38.8. The van der Waals surface area contributed by atoms with Crippen molar-refractivity contribution in [1.82, 2.24) is 15.1 Å². The van der Waals surface area contributed by atoms with Crippen molar-refractivity contribution in [2.75, 3.05) is 38.0 Å². The van der Waals surface area contributed by atoms with Gasteiger partial charge < -0.3 is 34.9 Å². The maximum absolute atomic E-state index is 12.9. The molecule has 0 spiro atoms. The van der Waals surface area contributed by atoms with Gasteiger partial charge >= 0.3 is 6.03 Å². The summed E-state index contributed by atoms with van der Waals surface area (Å²) in [5.41, 5.74) is 6.71. The van der Waals surface area contributed by atoms with Gasteiger partial charge in [-0.1, -0.05) is 85.8 Å². The van der Waals surface area contributed by atoms with Crippen LogP contribution < -0.4 is 15.4 Å². The average molecular weight is 767 g/mol. The summed E-state index contributed by atoms with van der Waals surface area (Å²) in [5, 5.41) is 15.6. The summed E-state index contributed by atoms with van der Waals surface area (Å²) >= 11 is 0. The van der Waals surface area contributed by atoms with E-state index in [1.54, 1.807) is 0 Å². The predicted molar refractivity (Wildman–Crippen MR) is 224 cm³/mol. The lowest BCUT2D eigenvalue weighted by atomic mass is 9.89. The lowest BCUT2D eigenvalue weighted by molar-refractivity contribution is -0.276. The van der Waals surface area contributed by atoms with E-state index in [-0.39, 0.29) is 30.8 Å². The van der Waals surface area contributed by atoms with Crippen molar-refractivity contribution >= 4 is 11.7 Å². The molecule has 3 aliphatic rings. The number of nitrogens with one attached hydrogen (secondary N) is 2. The van der Waals surface area contributed by atoms with Crippen LogP contribution in [0, 0.1) is 5.92 Å². The molecule has 8 rings (SSSR count). The molecule has 0 aromatic heterocycles. The Kier molecular flexibility index (Phi) is 12.6. The molecule has 3 aliphatic heterocycles. The predicted octanol–water partition coefficient (Wildman–Crippen LogP) is 9.31. The van der Waals surface area contributed by atoms with Crippen molar-refractivity contribution in [3.05, 3.63) is 150 Å². The minimum atomic E-state index is -0.541. The molecular formula is C48H54N4O5. The fourth-order valence-electron chi connectivity index (χ4n) is 8.48. The van der Waals surface area contributed by atoms with Crippen molar-refractivity contribution in [1.29, 1.82) is 0 Å². The van der Waals surface area contributed by atoms with Crippen LogP contribution in [-0.4, -0.2) is 65.8 Å². The quantitative estimate of drug-likeness (QED) is 0.110. The molecule has 0 bridgehead atoms. The lowest BCUT2D eigenvalue weighted by Gasteiger charge is -2.43. The van der Waals surface area contributed by atoms with Crippen LogP contribution in [0.1, 0.15) is 67.3 Å². The largest absolute Gasteiger partial charge is 0.457 e. The monoisotopic (exact) mass is 766 g/mol. The van der Waals surface area contributed by atoms with Crippen LogP contribution in [0.3, 0.4) is 0 Å². The molecule has 0 saturated carbocycles. The van der Waals surface area contributed by atoms with Crippen LogP contribution in [0.4, 0.5) is 10.5 Å². The molecule has 2 amide bonds. The number of hydrogen-bond acceptors (Lipinski definition) is 7. The fourth-order valence-corrected chi connectivity index (χ4v) is 8.48. The standard InChI is InChI=1S/C48H54N4O5/c1-34-45(32-52-27-9-14-42(52)31-51-25-5-6-26-51)56-47(57-46(34)37-19-17-35(33-53)18-20-37)40-13-8-12-39(29-40)38-11-7-10-36(28-38)30-49-48(54)50-41-21-23-44(24-22-41)55-43-15-3-2-4-16-43/h2-4,7-8,10-13,15-24,28-29,34,42,45-47,53H,5-6,9,14,25-27,30-33H2,1H3,(H2,49,50,54). The summed E-state index contributed by atoms with van der Waals surface area (Å²) in [6, 6.07) is 42.0. The number of hydrogen-bond donors (Lipinski definition) is 3. The van der Waals surface area contributed by atoms with Crippen LogP contribution in [-0.2, 0) is 22.6 Å². The third kappa shape index (κ3) is 9.93. The van der Waals surface area contributed by atoms with Crippen molar-refractivity contribution < 1.29 is 24.1 Å². The van der Waals surface area contributed by atoms with Gasteiger partial charge in [0.05, 0.1) is 18.8 Å². The number of amides is 2. The molecule has 9 heteroatoms. The molecular weight excluding hydrogens is 713 g/mol. The molecule has 5 aromatic rings. The smallest absolute Gasteiger partial charge is 0.319 e. The number of benzene rings is 5. The normalized spacial score (nSPS) is 22.7. The van der Waals surface area contributed by atoms with E-state index in [0.717, 1.165) is 58.8 Å². The molecule has 0 radical (unpaired) electrons. The van der Waals surface area contributed by atoms with Crippen LogP contribution in [0.2, 0.25) is 0 Å². The number of carbonyl (C=O) groups is 1. The number of nitrogens with zero attached hydrogens (tertiary/aromatic N) is 2. The highest BCUT2D eigenvalue weighted by molar-refractivity contribution is 5.89. The van der Waals surface area contributed by atoms with E-state index in [0.29, 0.717) is 24.0 Å². The van der Waals surface area contributed by atoms with E-state index in [1.165, 1.54) is 38.8 Å². The first-order valence-electron chi connectivity index (χ1n) is 20.5. The average Bonchev–Trinajstić information content (AvgIpc) is 3.94. The van der Waals surface area contributed by atoms with E-state index < -0.39 is 6.29 Å². The van der Waals surface area contributed by atoms with Crippen LogP contribution in [0.5, 0.6) is 11.5 Å². The summed E-state index contributed by atoms with van der Waals surface area (Å²) in [6.07, 6.45) is 4.37. The van der Waals surface area contributed by atoms with Crippen molar-refractivity contribution in [3.8, 4) is 22.6 Å². The Balaban J connectivity index is 0.937. The summed E-state index contributed by atoms with van der Waals surface area (Å²) in [5.74, 6) is 1.58. The van der Waals surface area contributed by atoms with Gasteiger partial charge in [-0.3, -0.25) is 4.90 Å². The molecule has 5 atom stereocenters. The molecule has 0 aliphatic carbocycles. The number of rotatable bonds is 13. The number of para-hydroxylation sites is 1. The Labute approximate surface area is 336 Å². The van der Waals surface area contributed by atoms with Gasteiger partial charge in [0.15, 0.2) is 6.29 Å². The summed E-state index contributed by atoms with van der Waals surface area (Å²) in [4.78, 5) is 18.2. The number of urea groups is 1. The zero-order valence-electron chi connectivity index (χ0n) is 32.8. The Morgan fingerprint density at radius 2 is 1.47 bits per heavy atom. The van der Waals surface area contributed by atoms with Crippen molar-refractivity contribution in [2.24, 2.45) is 5.92 Å². The van der Waals surface area contributed by atoms with Gasteiger partial charge in [-0.2, -0.15) is 0 Å². The second-order valence-corrected chi connectivity index (χ2v) is 15.7. The number of aliphatic hydroxyl groups excluding tert-OH is 1. The number of anilines is 1. The van der Waals surface area contributed by atoms with Gasteiger partial charge in [-0.05, 0) is 122 Å². The molecule has 3 fully saturated rings. The Hall–Kier alpha value is -5.03. The highest BCUT2D eigenvalue weighted by Crippen LogP contribution is 2.43. The van der Waals surface area contributed by atoms with Gasteiger partial charge in [0.2, 0.25) is 0 Å². The highest BCUT2D eigenvalue weighted by atomic mass is 16.7. The molecule has 3 heterocycles. The maximum Gasteiger partial charge on any atom is 0.319 e. The fraction of sp³-hybridized carbons (Fsp3) is 0.354. The molecule has 57 heavy (non-hydrogen) atoms. The number of carbonyl (C=O) groups excluding carboxylic acids is 1. The number of likely N-dealkylation sites (tertiary alicyclic amines) is 2. The minimum Gasteiger partial charge on any atom is -0.457 e. The first-order valence-corrected chi connectivity index (χ1v) is 20.5. The van der Waals surface area contributed by atoms with Gasteiger partial charge in [0.25, 0.3) is 0 Å². The zero-order valence-corrected chi connectivity index (χ0v) is 32.8. The van der Waals surface area contributed by atoms with Crippen LogP contribution in [0.15, 0.2) is 127 Å². The minimum absolute atomic E-state index is 0.0147. The Morgan fingerprint density at radius 1 is 0.737 bits per heavy atom.